The highest BCUT2D eigenvalue weighted by atomic mass is 35.5. The largest absolute Gasteiger partial charge is 0.497 e. The maximum absolute atomic E-state index is 13.7. The quantitative estimate of drug-likeness (QED) is 0.754. The van der Waals surface area contributed by atoms with Gasteiger partial charge in [0.1, 0.15) is 23.9 Å². The monoisotopic (exact) mass is 387 g/mol. The predicted octanol–water partition coefficient (Wildman–Crippen LogP) is 3.37. The fraction of sp³-hybridized carbons (Fsp3) is 0.294. The van der Waals surface area contributed by atoms with Crippen LogP contribution >= 0.6 is 11.6 Å². The van der Waals surface area contributed by atoms with E-state index in [2.05, 4.69) is 4.72 Å². The molecule has 0 saturated carbocycles. The van der Waals surface area contributed by atoms with Crippen molar-refractivity contribution in [2.75, 3.05) is 13.7 Å². The third-order valence-electron chi connectivity index (χ3n) is 3.34. The number of benzene rings is 2. The first kappa shape index (κ1) is 19.5. The van der Waals surface area contributed by atoms with E-state index in [1.807, 2.05) is 0 Å². The highest BCUT2D eigenvalue weighted by Crippen LogP contribution is 2.21. The van der Waals surface area contributed by atoms with Gasteiger partial charge in [0.05, 0.1) is 18.9 Å². The van der Waals surface area contributed by atoms with E-state index in [0.717, 1.165) is 0 Å². The molecule has 136 valence electrons. The summed E-state index contributed by atoms with van der Waals surface area (Å²) in [7, 11) is -2.20. The van der Waals surface area contributed by atoms with Gasteiger partial charge in [-0.2, -0.15) is 0 Å². The van der Waals surface area contributed by atoms with E-state index in [0.29, 0.717) is 11.5 Å². The Morgan fingerprint density at radius 1 is 1.16 bits per heavy atom. The molecular formula is C17H19ClFNO4S. The SMILES string of the molecule is COc1ccc(OC[C@H](C)NS(=O)(=O)Cc2c(F)cccc2Cl)cc1. The van der Waals surface area contributed by atoms with Crippen molar-refractivity contribution in [2.24, 2.45) is 0 Å². The van der Waals surface area contributed by atoms with E-state index < -0.39 is 27.6 Å². The van der Waals surface area contributed by atoms with Crippen LogP contribution < -0.4 is 14.2 Å². The minimum absolute atomic E-state index is 0.0556. The molecular weight excluding hydrogens is 369 g/mol. The molecule has 25 heavy (non-hydrogen) atoms. The average molecular weight is 388 g/mol. The molecule has 0 saturated heterocycles. The van der Waals surface area contributed by atoms with Gasteiger partial charge in [-0.05, 0) is 43.3 Å². The number of hydrogen-bond donors (Lipinski definition) is 1. The number of sulfonamides is 1. The van der Waals surface area contributed by atoms with Crippen molar-refractivity contribution in [3.63, 3.8) is 0 Å². The smallest absolute Gasteiger partial charge is 0.216 e. The van der Waals surface area contributed by atoms with Gasteiger partial charge in [-0.1, -0.05) is 17.7 Å². The van der Waals surface area contributed by atoms with Crippen molar-refractivity contribution in [3.05, 3.63) is 58.9 Å². The molecule has 2 rings (SSSR count). The third-order valence-corrected chi connectivity index (χ3v) is 5.12. The molecule has 8 heteroatoms. The molecule has 2 aromatic rings. The summed E-state index contributed by atoms with van der Waals surface area (Å²) in [6.07, 6.45) is 0. The Hall–Kier alpha value is -1.83. The van der Waals surface area contributed by atoms with Gasteiger partial charge >= 0.3 is 0 Å². The molecule has 0 aromatic heterocycles. The number of nitrogens with one attached hydrogen (secondary N) is 1. The average Bonchev–Trinajstić information content (AvgIpc) is 2.56. The Morgan fingerprint density at radius 3 is 2.40 bits per heavy atom. The number of ether oxygens (including phenoxy) is 2. The van der Waals surface area contributed by atoms with E-state index in [-0.39, 0.29) is 17.2 Å². The van der Waals surface area contributed by atoms with E-state index in [1.165, 1.54) is 18.2 Å². The summed E-state index contributed by atoms with van der Waals surface area (Å²) >= 11 is 5.87. The molecule has 0 aliphatic carbocycles. The van der Waals surface area contributed by atoms with Gasteiger partial charge in [0.15, 0.2) is 0 Å². The van der Waals surface area contributed by atoms with E-state index in [1.54, 1.807) is 38.3 Å². The van der Waals surface area contributed by atoms with Crippen LogP contribution in [0, 0.1) is 5.82 Å². The Labute approximate surface area is 151 Å². The Kier molecular flexibility index (Phi) is 6.64. The van der Waals surface area contributed by atoms with Crippen LogP contribution in [0.5, 0.6) is 11.5 Å². The third kappa shape index (κ3) is 5.88. The maximum Gasteiger partial charge on any atom is 0.216 e. The molecule has 1 atom stereocenters. The van der Waals surface area contributed by atoms with Crippen LogP contribution in [-0.2, 0) is 15.8 Å². The van der Waals surface area contributed by atoms with Gasteiger partial charge in [0.2, 0.25) is 10.0 Å². The fourth-order valence-electron chi connectivity index (χ4n) is 2.14. The minimum atomic E-state index is -3.77. The standard InChI is InChI=1S/C17H19ClFNO4S/c1-12(10-24-14-8-6-13(23-2)7-9-14)20-25(21,22)11-15-16(18)4-3-5-17(15)19/h3-9,12,20H,10-11H2,1-2H3/t12-/m0/s1. The molecule has 1 N–H and O–H groups in total. The van der Waals surface area contributed by atoms with Gasteiger partial charge < -0.3 is 9.47 Å². The normalized spacial score (nSPS) is 12.6. The number of halogens is 2. The van der Waals surface area contributed by atoms with Crippen molar-refractivity contribution >= 4 is 21.6 Å². The first-order valence-corrected chi connectivity index (χ1v) is 9.53. The lowest BCUT2D eigenvalue weighted by atomic mass is 10.2. The zero-order valence-corrected chi connectivity index (χ0v) is 15.4. The van der Waals surface area contributed by atoms with Crippen LogP contribution in [0.1, 0.15) is 12.5 Å². The molecule has 0 bridgehead atoms. The molecule has 0 aliphatic heterocycles. The Bertz CT molecular complexity index is 792. The van der Waals surface area contributed by atoms with Crippen molar-refractivity contribution < 1.29 is 22.3 Å². The van der Waals surface area contributed by atoms with E-state index in [9.17, 15) is 12.8 Å². The van der Waals surface area contributed by atoms with E-state index >= 15 is 0 Å². The number of methoxy groups -OCH3 is 1. The summed E-state index contributed by atoms with van der Waals surface area (Å²) in [6, 6.07) is 10.5. The van der Waals surface area contributed by atoms with Crippen LogP contribution in [0.3, 0.4) is 0 Å². The highest BCUT2D eigenvalue weighted by molar-refractivity contribution is 7.88. The van der Waals surface area contributed by atoms with Gasteiger partial charge in [-0.15, -0.1) is 0 Å². The first-order chi connectivity index (χ1) is 11.8. The molecule has 0 unspecified atom stereocenters. The van der Waals surface area contributed by atoms with Crippen molar-refractivity contribution in [3.8, 4) is 11.5 Å². The second kappa shape index (κ2) is 8.51. The maximum atomic E-state index is 13.7. The molecule has 0 heterocycles. The highest BCUT2D eigenvalue weighted by Gasteiger charge is 2.19. The number of rotatable bonds is 8. The molecule has 0 fully saturated rings. The lowest BCUT2D eigenvalue weighted by molar-refractivity contribution is 0.287. The topological polar surface area (TPSA) is 64.6 Å². The Balaban J connectivity index is 1.93. The fourth-order valence-corrected chi connectivity index (χ4v) is 3.88. The summed E-state index contributed by atoms with van der Waals surface area (Å²) in [4.78, 5) is 0. The van der Waals surface area contributed by atoms with Gasteiger partial charge in [-0.3, -0.25) is 0 Å². The number of hydrogen-bond acceptors (Lipinski definition) is 4. The molecule has 0 aliphatic rings. The summed E-state index contributed by atoms with van der Waals surface area (Å²) in [5.74, 6) is 0.0950. The lowest BCUT2D eigenvalue weighted by Gasteiger charge is -2.16. The van der Waals surface area contributed by atoms with Crippen LogP contribution in [-0.4, -0.2) is 28.2 Å². The van der Waals surface area contributed by atoms with Crippen molar-refractivity contribution in [1.82, 2.24) is 4.72 Å². The van der Waals surface area contributed by atoms with Crippen molar-refractivity contribution in [1.29, 1.82) is 0 Å². The minimum Gasteiger partial charge on any atom is -0.497 e. The summed E-state index contributed by atoms with van der Waals surface area (Å²) in [6.45, 7) is 1.78. The molecule has 0 amide bonds. The van der Waals surface area contributed by atoms with Crippen LogP contribution in [0.25, 0.3) is 0 Å². The summed E-state index contributed by atoms with van der Waals surface area (Å²) in [5, 5.41) is 0.0764. The summed E-state index contributed by atoms with van der Waals surface area (Å²) < 4.78 is 51.2. The molecule has 0 radical (unpaired) electrons. The van der Waals surface area contributed by atoms with Gasteiger partial charge in [-0.25, -0.2) is 17.5 Å². The zero-order chi connectivity index (χ0) is 18.4. The molecule has 2 aromatic carbocycles. The summed E-state index contributed by atoms with van der Waals surface area (Å²) in [5.41, 5.74) is -0.0556. The van der Waals surface area contributed by atoms with Crippen molar-refractivity contribution in [2.45, 2.75) is 18.7 Å². The zero-order valence-electron chi connectivity index (χ0n) is 13.8. The van der Waals surface area contributed by atoms with Gasteiger partial charge in [0.25, 0.3) is 0 Å². The first-order valence-electron chi connectivity index (χ1n) is 7.50. The second-order valence-corrected chi connectivity index (χ2v) is 7.63. The van der Waals surface area contributed by atoms with Crippen LogP contribution in [0.4, 0.5) is 4.39 Å². The van der Waals surface area contributed by atoms with Gasteiger partial charge in [0, 0.05) is 10.6 Å². The van der Waals surface area contributed by atoms with E-state index in [4.69, 9.17) is 21.1 Å². The lowest BCUT2D eigenvalue weighted by Crippen LogP contribution is -2.37. The molecule has 0 spiro atoms. The predicted molar refractivity (Wildman–Crippen MR) is 95.1 cm³/mol. The molecule has 5 nitrogen and oxygen atoms in total. The second-order valence-electron chi connectivity index (χ2n) is 5.46. The Morgan fingerprint density at radius 2 is 1.80 bits per heavy atom. The van der Waals surface area contributed by atoms with Crippen LogP contribution in [0.2, 0.25) is 5.02 Å². The van der Waals surface area contributed by atoms with Crippen LogP contribution in [0.15, 0.2) is 42.5 Å².